The lowest BCUT2D eigenvalue weighted by Gasteiger charge is -2.16. The summed E-state index contributed by atoms with van der Waals surface area (Å²) in [6.07, 6.45) is -1.82. The quantitative estimate of drug-likeness (QED) is 0.636. The van der Waals surface area contributed by atoms with Crippen LogP contribution in [-0.4, -0.2) is 51.4 Å². The first kappa shape index (κ1) is 11.9. The zero-order chi connectivity index (χ0) is 12.6. The summed E-state index contributed by atoms with van der Waals surface area (Å²) in [6, 6.07) is 4.76. The van der Waals surface area contributed by atoms with Crippen LogP contribution in [0.5, 0.6) is 5.75 Å². The van der Waals surface area contributed by atoms with Gasteiger partial charge in [-0.05, 0) is 19.1 Å². The number of nitrogens with zero attached hydrogens (tertiary/aromatic N) is 1. The van der Waals surface area contributed by atoms with Gasteiger partial charge in [0, 0.05) is 13.1 Å². The fourth-order valence-electron chi connectivity index (χ4n) is 1.93. The molecule has 0 spiro atoms. The summed E-state index contributed by atoms with van der Waals surface area (Å²) in [5, 5.41) is 28.4. The van der Waals surface area contributed by atoms with Crippen molar-refractivity contribution in [1.82, 2.24) is 4.90 Å². The number of rotatable bonds is 1. The first-order valence-corrected chi connectivity index (χ1v) is 5.44. The van der Waals surface area contributed by atoms with E-state index in [-0.39, 0.29) is 30.3 Å². The highest BCUT2D eigenvalue weighted by molar-refractivity contribution is 5.97. The minimum absolute atomic E-state index is 0.0866. The molecule has 0 unspecified atom stereocenters. The number of phenolic OH excluding ortho intramolecular Hbond substituents is 1. The Bertz CT molecular complexity index is 436. The van der Waals surface area contributed by atoms with Crippen LogP contribution in [0.3, 0.4) is 0 Å². The highest BCUT2D eigenvalue weighted by Crippen LogP contribution is 2.22. The lowest BCUT2D eigenvalue weighted by molar-refractivity contribution is 0.0572. The van der Waals surface area contributed by atoms with Gasteiger partial charge in [0.05, 0.1) is 17.8 Å². The summed E-state index contributed by atoms with van der Waals surface area (Å²) >= 11 is 0. The number of likely N-dealkylation sites (tertiary alicyclic amines) is 1. The Morgan fingerprint density at radius 3 is 2.47 bits per heavy atom. The number of aliphatic hydroxyl groups excluding tert-OH is 2. The number of phenols is 1. The normalized spacial score (nSPS) is 24.1. The van der Waals surface area contributed by atoms with Gasteiger partial charge in [-0.2, -0.15) is 0 Å². The third-order valence-electron chi connectivity index (χ3n) is 2.93. The molecule has 2 rings (SSSR count). The molecule has 1 aromatic rings. The maximum Gasteiger partial charge on any atom is 0.257 e. The molecule has 0 radical (unpaired) electrons. The van der Waals surface area contributed by atoms with Crippen LogP contribution in [0.2, 0.25) is 0 Å². The van der Waals surface area contributed by atoms with Crippen molar-refractivity contribution in [3.63, 3.8) is 0 Å². The van der Waals surface area contributed by atoms with Gasteiger partial charge in [-0.1, -0.05) is 11.6 Å². The number of aromatic hydroxyl groups is 1. The maximum absolute atomic E-state index is 12.1. The molecule has 0 aliphatic carbocycles. The zero-order valence-corrected chi connectivity index (χ0v) is 9.50. The molecular formula is C12H15NO4. The molecule has 0 bridgehead atoms. The fraction of sp³-hybridized carbons (Fsp3) is 0.417. The van der Waals surface area contributed by atoms with Crippen molar-refractivity contribution in [2.45, 2.75) is 19.1 Å². The van der Waals surface area contributed by atoms with Crippen LogP contribution in [0.4, 0.5) is 0 Å². The average Bonchev–Trinajstić information content (AvgIpc) is 2.62. The average molecular weight is 237 g/mol. The second kappa shape index (κ2) is 4.35. The van der Waals surface area contributed by atoms with Crippen molar-refractivity contribution in [2.24, 2.45) is 0 Å². The summed E-state index contributed by atoms with van der Waals surface area (Å²) in [7, 11) is 0. The first-order valence-electron chi connectivity index (χ1n) is 5.44. The van der Waals surface area contributed by atoms with Crippen LogP contribution in [0.25, 0.3) is 0 Å². The highest BCUT2D eigenvalue weighted by atomic mass is 16.3. The molecule has 1 aliphatic rings. The Morgan fingerprint density at radius 2 is 1.88 bits per heavy atom. The standard InChI is InChI=1S/C12H15NO4/c1-7-2-3-9(14)8(4-7)12(17)13-5-10(15)11(16)6-13/h2-4,10-11,14-16H,5-6H2,1H3/t10-,11+. The minimum Gasteiger partial charge on any atom is -0.507 e. The van der Waals surface area contributed by atoms with E-state index in [4.69, 9.17) is 0 Å². The predicted octanol–water partition coefficient (Wildman–Crippen LogP) is -0.122. The molecule has 1 heterocycles. The monoisotopic (exact) mass is 237 g/mol. The van der Waals surface area contributed by atoms with Gasteiger partial charge in [-0.15, -0.1) is 0 Å². The zero-order valence-electron chi connectivity index (χ0n) is 9.50. The molecule has 17 heavy (non-hydrogen) atoms. The molecule has 5 nitrogen and oxygen atoms in total. The van der Waals surface area contributed by atoms with Gasteiger partial charge in [-0.25, -0.2) is 0 Å². The van der Waals surface area contributed by atoms with Gasteiger partial charge >= 0.3 is 0 Å². The molecule has 5 heteroatoms. The van der Waals surface area contributed by atoms with E-state index in [1.807, 2.05) is 6.92 Å². The Hall–Kier alpha value is -1.59. The minimum atomic E-state index is -0.911. The number of hydrogen-bond acceptors (Lipinski definition) is 4. The SMILES string of the molecule is Cc1ccc(O)c(C(=O)N2C[C@@H](O)[C@@H](O)C2)c1. The van der Waals surface area contributed by atoms with E-state index in [1.165, 1.54) is 11.0 Å². The van der Waals surface area contributed by atoms with Crippen LogP contribution in [0, 0.1) is 6.92 Å². The third kappa shape index (κ3) is 2.25. The summed E-state index contributed by atoms with van der Waals surface area (Å²) in [5.74, 6) is -0.460. The molecule has 0 aromatic heterocycles. The molecule has 0 saturated carbocycles. The first-order chi connectivity index (χ1) is 7.99. The number of β-amino-alcohol motifs (C(OH)–C–C–N with tert-alkyl or cyclic N) is 2. The van der Waals surface area contributed by atoms with Crippen LogP contribution < -0.4 is 0 Å². The molecule has 3 N–H and O–H groups in total. The van der Waals surface area contributed by atoms with Gasteiger partial charge in [-0.3, -0.25) is 4.79 Å². The molecule has 2 atom stereocenters. The largest absolute Gasteiger partial charge is 0.507 e. The molecule has 1 amide bonds. The van der Waals surface area contributed by atoms with Crippen molar-refractivity contribution >= 4 is 5.91 Å². The summed E-state index contributed by atoms with van der Waals surface area (Å²) in [5.41, 5.74) is 1.07. The Balaban J connectivity index is 2.23. The third-order valence-corrected chi connectivity index (χ3v) is 2.93. The summed E-state index contributed by atoms with van der Waals surface area (Å²) < 4.78 is 0. The second-order valence-corrected chi connectivity index (χ2v) is 4.37. The van der Waals surface area contributed by atoms with Crippen LogP contribution in [0.1, 0.15) is 15.9 Å². The number of benzene rings is 1. The summed E-state index contributed by atoms with van der Waals surface area (Å²) in [4.78, 5) is 13.4. The Kier molecular flexibility index (Phi) is 3.04. The second-order valence-electron chi connectivity index (χ2n) is 4.37. The fourth-order valence-corrected chi connectivity index (χ4v) is 1.93. The molecule has 1 aromatic carbocycles. The predicted molar refractivity (Wildman–Crippen MR) is 60.8 cm³/mol. The van der Waals surface area contributed by atoms with Crippen LogP contribution >= 0.6 is 0 Å². The van der Waals surface area contributed by atoms with E-state index >= 15 is 0 Å². The van der Waals surface area contributed by atoms with Gasteiger partial charge in [0.2, 0.25) is 0 Å². The molecular weight excluding hydrogens is 222 g/mol. The van der Waals surface area contributed by atoms with Crippen molar-refractivity contribution in [2.75, 3.05) is 13.1 Å². The van der Waals surface area contributed by atoms with Crippen LogP contribution in [0.15, 0.2) is 18.2 Å². The van der Waals surface area contributed by atoms with E-state index in [1.54, 1.807) is 12.1 Å². The van der Waals surface area contributed by atoms with Gasteiger partial charge in [0.15, 0.2) is 0 Å². The van der Waals surface area contributed by atoms with E-state index in [9.17, 15) is 20.1 Å². The van der Waals surface area contributed by atoms with E-state index in [0.717, 1.165) is 5.56 Å². The number of aryl methyl sites for hydroxylation is 1. The number of carbonyl (C=O) groups is 1. The van der Waals surface area contributed by atoms with Crippen molar-refractivity contribution in [3.05, 3.63) is 29.3 Å². The number of carbonyl (C=O) groups excluding carboxylic acids is 1. The molecule has 1 fully saturated rings. The number of amides is 1. The van der Waals surface area contributed by atoms with Gasteiger partial charge < -0.3 is 20.2 Å². The topological polar surface area (TPSA) is 81.0 Å². The van der Waals surface area contributed by atoms with E-state index < -0.39 is 12.2 Å². The van der Waals surface area contributed by atoms with Crippen molar-refractivity contribution in [3.8, 4) is 5.75 Å². The van der Waals surface area contributed by atoms with Crippen LogP contribution in [-0.2, 0) is 0 Å². The number of hydrogen-bond donors (Lipinski definition) is 3. The Morgan fingerprint density at radius 1 is 1.29 bits per heavy atom. The lowest BCUT2D eigenvalue weighted by atomic mass is 10.1. The smallest absolute Gasteiger partial charge is 0.257 e. The number of aliphatic hydroxyl groups is 2. The van der Waals surface area contributed by atoms with Gasteiger partial charge in [0.1, 0.15) is 5.75 Å². The van der Waals surface area contributed by atoms with E-state index in [2.05, 4.69) is 0 Å². The van der Waals surface area contributed by atoms with Gasteiger partial charge in [0.25, 0.3) is 5.91 Å². The Labute approximate surface area is 98.9 Å². The van der Waals surface area contributed by atoms with Crippen molar-refractivity contribution < 1.29 is 20.1 Å². The molecule has 1 saturated heterocycles. The summed E-state index contributed by atoms with van der Waals surface area (Å²) in [6.45, 7) is 2.00. The molecule has 1 aliphatic heterocycles. The molecule has 92 valence electrons. The van der Waals surface area contributed by atoms with E-state index in [0.29, 0.717) is 0 Å². The maximum atomic E-state index is 12.1. The highest BCUT2D eigenvalue weighted by Gasteiger charge is 2.33. The lowest BCUT2D eigenvalue weighted by Crippen LogP contribution is -2.29. The van der Waals surface area contributed by atoms with Crippen molar-refractivity contribution in [1.29, 1.82) is 0 Å².